The average molecular weight is 398 g/mol. The molecule has 3 heterocycles. The second kappa shape index (κ2) is 7.75. The van der Waals surface area contributed by atoms with E-state index in [0.29, 0.717) is 16.1 Å². The van der Waals surface area contributed by atoms with Crippen molar-refractivity contribution in [1.82, 2.24) is 14.5 Å². The zero-order chi connectivity index (χ0) is 19.7. The summed E-state index contributed by atoms with van der Waals surface area (Å²) in [6.07, 6.45) is 3.66. The zero-order valence-corrected chi connectivity index (χ0v) is 16.9. The predicted octanol–water partition coefficient (Wildman–Crippen LogP) is 3.39. The maximum absolute atomic E-state index is 12.9. The number of ether oxygens (including phenoxy) is 1. The number of carbonyl (C=O) groups is 1. The molecule has 28 heavy (non-hydrogen) atoms. The highest BCUT2D eigenvalue weighted by molar-refractivity contribution is 7.22. The van der Waals surface area contributed by atoms with Crippen molar-refractivity contribution in [1.29, 1.82) is 0 Å². The highest BCUT2D eigenvalue weighted by Gasteiger charge is 2.22. The average Bonchev–Trinajstić information content (AvgIpc) is 3.15. The fourth-order valence-electron chi connectivity index (χ4n) is 3.62. The van der Waals surface area contributed by atoms with Gasteiger partial charge in [-0.15, -0.1) is 11.3 Å². The first-order chi connectivity index (χ1) is 13.5. The number of rotatable bonds is 4. The molecular weight excluding hydrogens is 374 g/mol. The van der Waals surface area contributed by atoms with Crippen molar-refractivity contribution in [3.8, 4) is 16.2 Å². The molecule has 0 N–H and O–H groups in total. The van der Waals surface area contributed by atoms with E-state index in [9.17, 15) is 9.59 Å². The van der Waals surface area contributed by atoms with E-state index in [0.717, 1.165) is 42.1 Å². The molecule has 3 aromatic rings. The third-order valence-corrected chi connectivity index (χ3v) is 6.35. The van der Waals surface area contributed by atoms with Crippen LogP contribution in [0.25, 0.3) is 20.7 Å². The molecule has 7 heteroatoms. The Morgan fingerprint density at radius 1 is 1.32 bits per heavy atom. The second-order valence-corrected chi connectivity index (χ2v) is 8.37. The van der Waals surface area contributed by atoms with Crippen molar-refractivity contribution < 1.29 is 9.53 Å². The third kappa shape index (κ3) is 3.67. The minimum atomic E-state index is -0.159. The lowest BCUT2D eigenvalue weighted by atomic mass is 10.0. The Morgan fingerprint density at radius 3 is 2.82 bits per heavy atom. The van der Waals surface area contributed by atoms with Gasteiger partial charge in [0, 0.05) is 18.0 Å². The van der Waals surface area contributed by atoms with Crippen molar-refractivity contribution in [2.24, 2.45) is 5.92 Å². The van der Waals surface area contributed by atoms with Crippen molar-refractivity contribution in [2.45, 2.75) is 26.3 Å². The van der Waals surface area contributed by atoms with E-state index in [1.165, 1.54) is 22.2 Å². The number of methoxy groups -OCH3 is 1. The standard InChI is InChI=1S/C21H23N3O3S/c1-14-4-3-9-23(11-14)19(25)12-24-13-22-17-10-18(28-20(17)21(24)26)15-5-7-16(27-2)8-6-15/h5-8,10,13-14H,3-4,9,11-12H2,1-2H3/t14-/m0/s1. The van der Waals surface area contributed by atoms with Gasteiger partial charge in [-0.05, 0) is 54.7 Å². The smallest absolute Gasteiger partial charge is 0.271 e. The molecule has 2 aromatic heterocycles. The third-order valence-electron chi connectivity index (χ3n) is 5.19. The van der Waals surface area contributed by atoms with Gasteiger partial charge in [-0.2, -0.15) is 0 Å². The van der Waals surface area contributed by atoms with E-state index in [1.54, 1.807) is 7.11 Å². The van der Waals surface area contributed by atoms with Gasteiger partial charge < -0.3 is 9.64 Å². The van der Waals surface area contributed by atoms with Gasteiger partial charge in [-0.25, -0.2) is 4.98 Å². The molecule has 4 rings (SSSR count). The summed E-state index contributed by atoms with van der Waals surface area (Å²) in [5.41, 5.74) is 1.51. The molecule has 1 saturated heterocycles. The summed E-state index contributed by atoms with van der Waals surface area (Å²) in [5, 5.41) is 0. The van der Waals surface area contributed by atoms with Gasteiger partial charge >= 0.3 is 0 Å². The number of benzene rings is 1. The van der Waals surface area contributed by atoms with Crippen LogP contribution in [0.1, 0.15) is 19.8 Å². The Morgan fingerprint density at radius 2 is 2.11 bits per heavy atom. The molecule has 1 aromatic carbocycles. The van der Waals surface area contributed by atoms with E-state index in [1.807, 2.05) is 35.2 Å². The number of fused-ring (bicyclic) bond motifs is 1. The van der Waals surface area contributed by atoms with E-state index < -0.39 is 0 Å². The number of hydrogen-bond acceptors (Lipinski definition) is 5. The molecule has 1 amide bonds. The molecule has 6 nitrogen and oxygen atoms in total. The number of piperidine rings is 1. The van der Waals surface area contributed by atoms with Crippen LogP contribution in [-0.4, -0.2) is 40.6 Å². The SMILES string of the molecule is COc1ccc(-c2cc3ncn(CC(=O)N4CCC[C@H](C)C4)c(=O)c3s2)cc1. The molecule has 0 bridgehead atoms. The number of aromatic nitrogens is 2. The number of nitrogens with zero attached hydrogens (tertiary/aromatic N) is 3. The summed E-state index contributed by atoms with van der Waals surface area (Å²) in [7, 11) is 1.63. The largest absolute Gasteiger partial charge is 0.497 e. The Bertz CT molecular complexity index is 1050. The molecule has 0 aliphatic carbocycles. The Balaban J connectivity index is 1.59. The van der Waals surface area contributed by atoms with Crippen LogP contribution >= 0.6 is 11.3 Å². The van der Waals surface area contributed by atoms with Gasteiger partial charge in [-0.3, -0.25) is 14.2 Å². The van der Waals surface area contributed by atoms with Crippen LogP contribution in [0.2, 0.25) is 0 Å². The molecule has 1 atom stereocenters. The second-order valence-electron chi connectivity index (χ2n) is 7.32. The summed E-state index contributed by atoms with van der Waals surface area (Å²) < 4.78 is 7.20. The fraction of sp³-hybridized carbons (Fsp3) is 0.381. The zero-order valence-electron chi connectivity index (χ0n) is 16.1. The van der Waals surface area contributed by atoms with Crippen molar-refractivity contribution >= 4 is 27.5 Å². The van der Waals surface area contributed by atoms with Gasteiger partial charge in [0.2, 0.25) is 5.91 Å². The summed E-state index contributed by atoms with van der Waals surface area (Å²) >= 11 is 1.41. The van der Waals surface area contributed by atoms with Gasteiger partial charge in [0.25, 0.3) is 5.56 Å². The van der Waals surface area contributed by atoms with Crippen LogP contribution in [0.5, 0.6) is 5.75 Å². The Labute approximate surface area is 167 Å². The lowest BCUT2D eigenvalue weighted by Crippen LogP contribution is -2.42. The van der Waals surface area contributed by atoms with Crippen LogP contribution in [0.15, 0.2) is 41.5 Å². The Hall–Kier alpha value is -2.67. The summed E-state index contributed by atoms with van der Waals surface area (Å²) in [6, 6.07) is 9.63. The molecule has 0 radical (unpaired) electrons. The van der Waals surface area contributed by atoms with Gasteiger partial charge in [-0.1, -0.05) is 6.92 Å². The lowest BCUT2D eigenvalue weighted by molar-refractivity contribution is -0.133. The van der Waals surface area contributed by atoms with Crippen molar-refractivity contribution in [3.63, 3.8) is 0 Å². The monoisotopic (exact) mass is 397 g/mol. The molecule has 0 spiro atoms. The van der Waals surface area contributed by atoms with Crippen LogP contribution < -0.4 is 10.3 Å². The summed E-state index contributed by atoms with van der Waals surface area (Å²) in [6.45, 7) is 3.74. The van der Waals surface area contributed by atoms with Crippen molar-refractivity contribution in [3.05, 3.63) is 47.0 Å². The maximum atomic E-state index is 12.9. The first-order valence-electron chi connectivity index (χ1n) is 9.46. The minimum absolute atomic E-state index is 0.0123. The van der Waals surface area contributed by atoms with Crippen LogP contribution in [0.4, 0.5) is 0 Å². The topological polar surface area (TPSA) is 64.4 Å². The van der Waals surface area contributed by atoms with E-state index in [4.69, 9.17) is 4.74 Å². The van der Waals surface area contributed by atoms with Crippen molar-refractivity contribution in [2.75, 3.05) is 20.2 Å². The van der Waals surface area contributed by atoms with Crippen LogP contribution in [-0.2, 0) is 11.3 Å². The van der Waals surface area contributed by atoms with Crippen LogP contribution in [0.3, 0.4) is 0 Å². The molecular formula is C21H23N3O3S. The molecule has 0 saturated carbocycles. The first-order valence-corrected chi connectivity index (χ1v) is 10.3. The first kappa shape index (κ1) is 18.7. The molecule has 146 valence electrons. The number of amides is 1. The number of likely N-dealkylation sites (tertiary alicyclic amines) is 1. The molecule has 0 unspecified atom stereocenters. The number of thiophene rings is 1. The predicted molar refractivity (Wildman–Crippen MR) is 111 cm³/mol. The van der Waals surface area contributed by atoms with Gasteiger partial charge in [0.05, 0.1) is 19.0 Å². The highest BCUT2D eigenvalue weighted by atomic mass is 32.1. The van der Waals surface area contributed by atoms with E-state index in [2.05, 4.69) is 11.9 Å². The molecule has 1 aliphatic heterocycles. The van der Waals surface area contributed by atoms with Gasteiger partial charge in [0.1, 0.15) is 17.0 Å². The van der Waals surface area contributed by atoms with Crippen LogP contribution in [0, 0.1) is 5.92 Å². The molecule has 1 aliphatic rings. The summed E-state index contributed by atoms with van der Waals surface area (Å²) in [5.74, 6) is 1.29. The number of hydrogen-bond donors (Lipinski definition) is 0. The quantitative estimate of drug-likeness (QED) is 0.677. The van der Waals surface area contributed by atoms with E-state index >= 15 is 0 Å². The minimum Gasteiger partial charge on any atom is -0.497 e. The fourth-order valence-corrected chi connectivity index (χ4v) is 4.68. The lowest BCUT2D eigenvalue weighted by Gasteiger charge is -2.31. The van der Waals surface area contributed by atoms with Gasteiger partial charge in [0.15, 0.2) is 0 Å². The summed E-state index contributed by atoms with van der Waals surface area (Å²) in [4.78, 5) is 32.8. The normalized spacial score (nSPS) is 17.1. The van der Waals surface area contributed by atoms with E-state index in [-0.39, 0.29) is 18.0 Å². The number of carbonyl (C=O) groups excluding carboxylic acids is 1. The highest BCUT2D eigenvalue weighted by Crippen LogP contribution is 2.31. The molecule has 1 fully saturated rings. The Kier molecular flexibility index (Phi) is 5.17. The maximum Gasteiger partial charge on any atom is 0.271 e.